The Morgan fingerprint density at radius 1 is 1.12 bits per heavy atom. The van der Waals surface area contributed by atoms with Crippen molar-refractivity contribution in [3.05, 3.63) is 59.4 Å². The number of aliphatic hydroxyl groups excluding tert-OH is 2. The van der Waals surface area contributed by atoms with Gasteiger partial charge in [0.25, 0.3) is 5.91 Å². The number of likely N-dealkylation sites (N-methyl/N-ethyl adjacent to an activating group) is 1. The van der Waals surface area contributed by atoms with Crippen molar-refractivity contribution in [3.63, 3.8) is 0 Å². The van der Waals surface area contributed by atoms with Gasteiger partial charge in [0, 0.05) is 62.1 Å². The van der Waals surface area contributed by atoms with Crippen LogP contribution in [0.1, 0.15) is 49.9 Å². The van der Waals surface area contributed by atoms with Crippen molar-refractivity contribution in [3.8, 4) is 5.75 Å². The highest BCUT2D eigenvalue weighted by Gasteiger charge is 2.66. The van der Waals surface area contributed by atoms with Crippen molar-refractivity contribution in [2.24, 2.45) is 5.92 Å². The maximum atomic E-state index is 16.3. The number of fused-ring (bicyclic) bond motifs is 3. The molecule has 1 spiro atoms. The van der Waals surface area contributed by atoms with Crippen LogP contribution in [0.25, 0.3) is 0 Å². The molecule has 3 aliphatic heterocycles. The Balaban J connectivity index is 1.38. The Labute approximate surface area is 293 Å². The second kappa shape index (κ2) is 14.5. The summed E-state index contributed by atoms with van der Waals surface area (Å²) in [5, 5.41) is 30.2. The van der Waals surface area contributed by atoms with Crippen LogP contribution in [0.3, 0.4) is 0 Å². The first-order chi connectivity index (χ1) is 23.9. The SMILES string of the molecule is CCOc1ccc2c(c1)CC(NCCCCO)C(=O)N2c1ccc2c(c1)[C@]1(O[C@@H](CCn3cc(CCO)nn3)[C@H]([Si](C)(C)F)[C@H]1C)C(=O)N2C. The first kappa shape index (κ1) is 36.1. The van der Waals surface area contributed by atoms with Gasteiger partial charge >= 0.3 is 0 Å². The predicted octanol–water partition coefficient (Wildman–Crippen LogP) is 4.00. The molecule has 2 aromatic carbocycles. The molecule has 5 atom stereocenters. The van der Waals surface area contributed by atoms with Crippen molar-refractivity contribution in [2.75, 3.05) is 43.2 Å². The number of aliphatic hydroxyl groups is 2. The van der Waals surface area contributed by atoms with Crippen molar-refractivity contribution in [1.82, 2.24) is 20.3 Å². The molecule has 2 amide bonds. The lowest BCUT2D eigenvalue weighted by Crippen LogP contribution is -2.49. The average Bonchev–Trinajstić information content (AvgIpc) is 3.72. The number of rotatable bonds is 14. The van der Waals surface area contributed by atoms with Crippen LogP contribution in [0.15, 0.2) is 42.6 Å². The van der Waals surface area contributed by atoms with Gasteiger partial charge in [-0.15, -0.1) is 5.10 Å². The van der Waals surface area contributed by atoms with Crippen LogP contribution in [-0.4, -0.2) is 91.0 Å². The minimum atomic E-state index is -3.38. The number of carbonyl (C=O) groups is 2. The van der Waals surface area contributed by atoms with Crippen LogP contribution in [0.4, 0.5) is 21.2 Å². The van der Waals surface area contributed by atoms with E-state index >= 15 is 4.11 Å². The fourth-order valence-electron chi connectivity index (χ4n) is 8.21. The zero-order chi connectivity index (χ0) is 35.8. The van der Waals surface area contributed by atoms with Gasteiger partial charge in [0.15, 0.2) is 5.60 Å². The third-order valence-corrected chi connectivity index (χ3v) is 12.9. The van der Waals surface area contributed by atoms with E-state index in [0.29, 0.717) is 68.0 Å². The first-order valence-electron chi connectivity index (χ1n) is 17.7. The maximum absolute atomic E-state index is 16.3. The minimum absolute atomic E-state index is 0.0318. The molecular weight excluding hydrogens is 660 g/mol. The van der Waals surface area contributed by atoms with E-state index in [0.717, 1.165) is 23.4 Å². The van der Waals surface area contributed by atoms with Crippen LogP contribution in [0, 0.1) is 5.92 Å². The number of anilines is 3. The second-order valence-electron chi connectivity index (χ2n) is 14.1. The van der Waals surface area contributed by atoms with Crippen LogP contribution >= 0.6 is 0 Å². The third-order valence-electron chi connectivity index (χ3n) is 10.5. The molecule has 0 bridgehead atoms. The van der Waals surface area contributed by atoms with Gasteiger partial charge in [0.1, 0.15) is 5.75 Å². The molecule has 6 rings (SSSR count). The molecule has 3 aromatic rings. The molecule has 4 heterocycles. The lowest BCUT2D eigenvalue weighted by atomic mass is 9.82. The molecule has 3 aliphatic rings. The normalized spacial score (nSPS) is 24.7. The minimum Gasteiger partial charge on any atom is -0.494 e. The van der Waals surface area contributed by atoms with E-state index in [-0.39, 0.29) is 25.0 Å². The molecule has 0 aliphatic carbocycles. The Kier molecular flexibility index (Phi) is 10.5. The molecule has 12 nitrogen and oxygen atoms in total. The molecule has 50 heavy (non-hydrogen) atoms. The number of halogens is 1. The lowest BCUT2D eigenvalue weighted by molar-refractivity contribution is -0.145. The number of ether oxygens (including phenoxy) is 2. The van der Waals surface area contributed by atoms with Gasteiger partial charge in [-0.05, 0) is 94.2 Å². The smallest absolute Gasteiger partial charge is 0.264 e. The summed E-state index contributed by atoms with van der Waals surface area (Å²) in [6.07, 6.45) is 3.88. The monoisotopic (exact) mass is 708 g/mol. The molecule has 0 saturated carbocycles. The number of hydrogen-bond donors (Lipinski definition) is 3. The highest BCUT2D eigenvalue weighted by Crippen LogP contribution is 2.60. The Morgan fingerprint density at radius 3 is 2.62 bits per heavy atom. The summed E-state index contributed by atoms with van der Waals surface area (Å²) in [5.74, 6) is -0.132. The van der Waals surface area contributed by atoms with E-state index in [2.05, 4.69) is 15.6 Å². The number of nitrogens with zero attached hydrogens (tertiary/aromatic N) is 5. The summed E-state index contributed by atoms with van der Waals surface area (Å²) in [7, 11) is -1.67. The molecule has 1 saturated heterocycles. The topological polar surface area (TPSA) is 142 Å². The fourth-order valence-corrected chi connectivity index (χ4v) is 10.7. The number of nitrogens with one attached hydrogen (secondary N) is 1. The molecule has 1 fully saturated rings. The van der Waals surface area contributed by atoms with E-state index in [1.54, 1.807) is 40.8 Å². The second-order valence-corrected chi connectivity index (χ2v) is 17.9. The standard InChI is InChI=1S/C36H49FN6O6Si/c1-6-48-27-10-12-30-24(19-27)20-29(38-15-7-8-17-44)34(46)43(30)26-9-11-31-28(21-26)36(35(47)41(31)3)23(2)33(50(4,5)37)32(49-36)13-16-42-22-25(14-18-45)39-40-42/h9-12,19,21-23,29,32-33,38,44-45H,6-8,13-18,20H2,1-5H3/t23-,29?,32+,33-,36+/m1/s1. The summed E-state index contributed by atoms with van der Waals surface area (Å²) >= 11 is 0. The van der Waals surface area contributed by atoms with Gasteiger partial charge in [0.2, 0.25) is 14.3 Å². The maximum Gasteiger partial charge on any atom is 0.264 e. The molecule has 270 valence electrons. The molecule has 1 aromatic heterocycles. The summed E-state index contributed by atoms with van der Waals surface area (Å²) in [5.41, 5.74) is 2.32. The summed E-state index contributed by atoms with van der Waals surface area (Å²) < 4.78 is 30.7. The molecule has 14 heteroatoms. The molecule has 1 unspecified atom stereocenters. The van der Waals surface area contributed by atoms with Crippen molar-refractivity contribution < 1.29 is 33.4 Å². The van der Waals surface area contributed by atoms with Gasteiger partial charge in [-0.3, -0.25) is 19.2 Å². The summed E-state index contributed by atoms with van der Waals surface area (Å²) in [6, 6.07) is 10.8. The molecular formula is C36H49FN6O6Si. The summed E-state index contributed by atoms with van der Waals surface area (Å²) in [6.45, 7) is 8.76. The zero-order valence-corrected chi connectivity index (χ0v) is 30.6. The highest BCUT2D eigenvalue weighted by molar-refractivity contribution is 6.72. The van der Waals surface area contributed by atoms with E-state index in [1.165, 1.54) is 0 Å². The number of benzene rings is 2. The van der Waals surface area contributed by atoms with Crippen LogP contribution < -0.4 is 19.9 Å². The number of carbonyl (C=O) groups excluding carboxylic acids is 2. The van der Waals surface area contributed by atoms with Gasteiger partial charge in [-0.1, -0.05) is 12.1 Å². The van der Waals surface area contributed by atoms with Gasteiger partial charge in [0.05, 0.1) is 35.8 Å². The zero-order valence-electron chi connectivity index (χ0n) is 29.6. The quantitative estimate of drug-likeness (QED) is 0.129. The number of hydrogen-bond acceptors (Lipinski definition) is 9. The third kappa shape index (κ3) is 6.47. The highest BCUT2D eigenvalue weighted by atomic mass is 28.4. The van der Waals surface area contributed by atoms with Crippen LogP contribution in [0.5, 0.6) is 5.75 Å². The van der Waals surface area contributed by atoms with E-state index in [1.807, 2.05) is 50.2 Å². The Hall–Kier alpha value is -3.69. The molecule has 3 N–H and O–H groups in total. The van der Waals surface area contributed by atoms with Crippen LogP contribution in [0.2, 0.25) is 18.6 Å². The van der Waals surface area contributed by atoms with Gasteiger partial charge < -0.3 is 34.0 Å². The number of aryl methyl sites for hydroxylation is 1. The number of aromatic nitrogens is 3. The van der Waals surface area contributed by atoms with Gasteiger partial charge in [-0.2, -0.15) is 0 Å². The first-order valence-corrected chi connectivity index (χ1v) is 20.6. The molecule has 0 radical (unpaired) electrons. The Morgan fingerprint density at radius 2 is 1.90 bits per heavy atom. The van der Waals surface area contributed by atoms with Crippen molar-refractivity contribution in [1.29, 1.82) is 0 Å². The Bertz CT molecular complexity index is 1720. The van der Waals surface area contributed by atoms with E-state index in [4.69, 9.17) is 9.47 Å². The van der Waals surface area contributed by atoms with Crippen molar-refractivity contribution in [2.45, 2.75) is 88.9 Å². The number of amides is 2. The fraction of sp³-hybridized carbons (Fsp3) is 0.556. The number of unbranched alkanes of at least 4 members (excludes halogenated alkanes) is 1. The van der Waals surface area contributed by atoms with Gasteiger partial charge in [-0.25, -0.2) is 0 Å². The predicted molar refractivity (Wildman–Crippen MR) is 190 cm³/mol. The van der Waals surface area contributed by atoms with Crippen LogP contribution in [-0.2, 0) is 39.3 Å². The largest absolute Gasteiger partial charge is 0.494 e. The summed E-state index contributed by atoms with van der Waals surface area (Å²) in [4.78, 5) is 31.9. The lowest BCUT2D eigenvalue weighted by Gasteiger charge is -2.36. The van der Waals surface area contributed by atoms with E-state index < -0.39 is 37.6 Å². The van der Waals surface area contributed by atoms with Crippen molar-refractivity contribution >= 4 is 37.3 Å². The van der Waals surface area contributed by atoms with E-state index in [9.17, 15) is 19.8 Å². The average molecular weight is 709 g/mol.